The van der Waals surface area contributed by atoms with Crippen LogP contribution < -0.4 is 4.74 Å². The Bertz CT molecular complexity index is 410. The number of carbonyl (C=O) groups excluding carboxylic acids is 1. The summed E-state index contributed by atoms with van der Waals surface area (Å²) in [6, 6.07) is 4.43. The van der Waals surface area contributed by atoms with Crippen molar-refractivity contribution in [2.75, 3.05) is 6.26 Å². The second kappa shape index (κ2) is 6.35. The molecule has 0 radical (unpaired) electrons. The highest BCUT2D eigenvalue weighted by Gasteiger charge is 2.15. The van der Waals surface area contributed by atoms with Gasteiger partial charge in [0.15, 0.2) is 5.78 Å². The molecular formula is C11H11BrF2O2S. The van der Waals surface area contributed by atoms with E-state index in [1.54, 1.807) is 19.2 Å². The van der Waals surface area contributed by atoms with Crippen molar-refractivity contribution in [1.29, 1.82) is 0 Å². The summed E-state index contributed by atoms with van der Waals surface area (Å²) in [5, 5.41) is 0. The Balaban J connectivity index is 3.04. The lowest BCUT2D eigenvalue weighted by Gasteiger charge is -2.11. The standard InChI is InChI=1S/C11H11BrF2O2S/c1-6(12)10(15)7-3-4-8(16-11(13)14)9(5-7)17-2/h3-6,11H,1-2H3. The molecular weight excluding hydrogens is 314 g/mol. The fourth-order valence-corrected chi connectivity index (χ4v) is 2.07. The Morgan fingerprint density at radius 2 is 2.12 bits per heavy atom. The molecule has 0 fully saturated rings. The van der Waals surface area contributed by atoms with Crippen molar-refractivity contribution < 1.29 is 18.3 Å². The van der Waals surface area contributed by atoms with Gasteiger partial charge in [-0.25, -0.2) is 0 Å². The van der Waals surface area contributed by atoms with E-state index >= 15 is 0 Å². The van der Waals surface area contributed by atoms with Crippen molar-refractivity contribution >= 4 is 33.5 Å². The number of rotatable bonds is 5. The van der Waals surface area contributed by atoms with Gasteiger partial charge in [0, 0.05) is 5.56 Å². The number of halogens is 3. The van der Waals surface area contributed by atoms with Crippen molar-refractivity contribution in [1.82, 2.24) is 0 Å². The Morgan fingerprint density at radius 1 is 1.47 bits per heavy atom. The van der Waals surface area contributed by atoms with Crippen LogP contribution in [0.2, 0.25) is 0 Å². The summed E-state index contributed by atoms with van der Waals surface area (Å²) in [4.78, 5) is 11.9. The van der Waals surface area contributed by atoms with Crippen molar-refractivity contribution in [3.05, 3.63) is 23.8 Å². The van der Waals surface area contributed by atoms with Crippen LogP contribution in [0, 0.1) is 0 Å². The highest BCUT2D eigenvalue weighted by Crippen LogP contribution is 2.30. The summed E-state index contributed by atoms with van der Waals surface area (Å²) in [6.45, 7) is -1.15. The number of hydrogen-bond donors (Lipinski definition) is 0. The van der Waals surface area contributed by atoms with E-state index in [4.69, 9.17) is 0 Å². The summed E-state index contributed by atoms with van der Waals surface area (Å²) in [7, 11) is 0. The van der Waals surface area contributed by atoms with E-state index in [-0.39, 0.29) is 16.4 Å². The van der Waals surface area contributed by atoms with Gasteiger partial charge in [-0.15, -0.1) is 11.8 Å². The highest BCUT2D eigenvalue weighted by atomic mass is 79.9. The first kappa shape index (κ1) is 14.4. The first-order valence-electron chi connectivity index (χ1n) is 4.77. The van der Waals surface area contributed by atoms with Crippen LogP contribution in [0.15, 0.2) is 23.1 Å². The van der Waals surface area contributed by atoms with E-state index < -0.39 is 6.61 Å². The van der Waals surface area contributed by atoms with Gasteiger partial charge in [0.05, 0.1) is 9.72 Å². The molecule has 0 saturated heterocycles. The lowest BCUT2D eigenvalue weighted by atomic mass is 10.1. The number of carbonyl (C=O) groups is 1. The predicted molar refractivity (Wildman–Crippen MR) is 67.6 cm³/mol. The molecule has 1 unspecified atom stereocenters. The summed E-state index contributed by atoms with van der Waals surface area (Å²) >= 11 is 4.43. The molecule has 0 aromatic heterocycles. The van der Waals surface area contributed by atoms with E-state index in [9.17, 15) is 13.6 Å². The monoisotopic (exact) mass is 324 g/mol. The third-order valence-corrected chi connectivity index (χ3v) is 3.20. The minimum absolute atomic E-state index is 0.0891. The van der Waals surface area contributed by atoms with E-state index in [2.05, 4.69) is 20.7 Å². The number of hydrogen-bond acceptors (Lipinski definition) is 3. The van der Waals surface area contributed by atoms with Crippen molar-refractivity contribution in [2.24, 2.45) is 0 Å². The quantitative estimate of drug-likeness (QED) is 0.465. The number of ketones is 1. The number of Topliss-reactive ketones (excluding diaryl/α,β-unsaturated/α-hetero) is 1. The fourth-order valence-electron chi connectivity index (χ4n) is 1.24. The topological polar surface area (TPSA) is 26.3 Å². The Hall–Kier alpha value is -0.620. The normalized spacial score (nSPS) is 12.6. The van der Waals surface area contributed by atoms with Gasteiger partial charge in [0.1, 0.15) is 5.75 Å². The summed E-state index contributed by atoms with van der Waals surface area (Å²) < 4.78 is 28.6. The summed E-state index contributed by atoms with van der Waals surface area (Å²) in [6.07, 6.45) is 1.74. The van der Waals surface area contributed by atoms with Crippen LogP contribution in [-0.2, 0) is 0 Å². The number of thioether (sulfide) groups is 1. The number of alkyl halides is 3. The molecule has 1 atom stereocenters. The molecule has 0 aliphatic heterocycles. The van der Waals surface area contributed by atoms with Gasteiger partial charge in [-0.1, -0.05) is 15.9 Å². The molecule has 1 rings (SSSR count). The molecule has 0 spiro atoms. The molecule has 2 nitrogen and oxygen atoms in total. The van der Waals surface area contributed by atoms with Gasteiger partial charge in [0.25, 0.3) is 0 Å². The fraction of sp³-hybridized carbons (Fsp3) is 0.364. The van der Waals surface area contributed by atoms with Gasteiger partial charge >= 0.3 is 6.61 Å². The Kier molecular flexibility index (Phi) is 5.39. The van der Waals surface area contributed by atoms with E-state index in [1.807, 2.05) is 0 Å². The van der Waals surface area contributed by atoms with Crippen LogP contribution in [0.4, 0.5) is 8.78 Å². The second-order valence-electron chi connectivity index (χ2n) is 3.22. The van der Waals surface area contributed by atoms with Gasteiger partial charge < -0.3 is 4.74 Å². The zero-order valence-electron chi connectivity index (χ0n) is 9.25. The average molecular weight is 325 g/mol. The first-order valence-corrected chi connectivity index (χ1v) is 6.91. The molecule has 1 aromatic rings. The van der Waals surface area contributed by atoms with Crippen LogP contribution >= 0.6 is 27.7 Å². The van der Waals surface area contributed by atoms with E-state index in [0.717, 1.165) is 0 Å². The first-order chi connectivity index (χ1) is 7.95. The maximum absolute atomic E-state index is 12.1. The second-order valence-corrected chi connectivity index (χ2v) is 5.45. The predicted octanol–water partition coefficient (Wildman–Crippen LogP) is 3.98. The average Bonchev–Trinajstić information content (AvgIpc) is 2.27. The van der Waals surface area contributed by atoms with Crippen LogP contribution in [0.5, 0.6) is 5.75 Å². The summed E-state index contributed by atoms with van der Waals surface area (Å²) in [5.74, 6) is -0.00447. The molecule has 6 heteroatoms. The lowest BCUT2D eigenvalue weighted by Crippen LogP contribution is -2.10. The third kappa shape index (κ3) is 3.96. The molecule has 0 heterocycles. The van der Waals surface area contributed by atoms with E-state index in [1.165, 1.54) is 23.9 Å². The summed E-state index contributed by atoms with van der Waals surface area (Å²) in [5.41, 5.74) is 0.473. The van der Waals surface area contributed by atoms with Crippen molar-refractivity contribution in [3.8, 4) is 5.75 Å². The van der Waals surface area contributed by atoms with E-state index in [0.29, 0.717) is 10.5 Å². The SMILES string of the molecule is CSc1cc(C(=O)C(C)Br)ccc1OC(F)F. The van der Waals surface area contributed by atoms with Crippen molar-refractivity contribution in [3.63, 3.8) is 0 Å². The van der Waals surface area contributed by atoms with Crippen LogP contribution in [-0.4, -0.2) is 23.5 Å². The molecule has 0 aliphatic rings. The minimum Gasteiger partial charge on any atom is -0.434 e. The Labute approximate surface area is 111 Å². The molecule has 0 bridgehead atoms. The molecule has 0 saturated carbocycles. The molecule has 94 valence electrons. The smallest absolute Gasteiger partial charge is 0.387 e. The largest absolute Gasteiger partial charge is 0.434 e. The van der Waals surface area contributed by atoms with Crippen LogP contribution in [0.1, 0.15) is 17.3 Å². The molecule has 0 amide bonds. The maximum atomic E-state index is 12.1. The number of benzene rings is 1. The number of ether oxygens (including phenoxy) is 1. The van der Waals surface area contributed by atoms with Crippen LogP contribution in [0.25, 0.3) is 0 Å². The van der Waals surface area contributed by atoms with Gasteiger partial charge in [-0.3, -0.25) is 4.79 Å². The molecule has 1 aromatic carbocycles. The van der Waals surface area contributed by atoms with Gasteiger partial charge in [-0.2, -0.15) is 8.78 Å². The zero-order valence-corrected chi connectivity index (χ0v) is 11.6. The van der Waals surface area contributed by atoms with Gasteiger partial charge in [0.2, 0.25) is 0 Å². The molecule has 17 heavy (non-hydrogen) atoms. The maximum Gasteiger partial charge on any atom is 0.387 e. The van der Waals surface area contributed by atoms with Crippen LogP contribution in [0.3, 0.4) is 0 Å². The zero-order chi connectivity index (χ0) is 13.0. The molecule has 0 N–H and O–H groups in total. The minimum atomic E-state index is -2.86. The molecule has 0 aliphatic carbocycles. The Morgan fingerprint density at radius 3 is 2.59 bits per heavy atom. The lowest BCUT2D eigenvalue weighted by molar-refractivity contribution is -0.0516. The van der Waals surface area contributed by atoms with Crippen molar-refractivity contribution in [2.45, 2.75) is 23.3 Å². The highest BCUT2D eigenvalue weighted by molar-refractivity contribution is 9.10. The third-order valence-electron chi connectivity index (χ3n) is 2.03. The van der Waals surface area contributed by atoms with Gasteiger partial charge in [-0.05, 0) is 31.4 Å².